The summed E-state index contributed by atoms with van der Waals surface area (Å²) in [7, 11) is 0. The number of piperidine rings is 1. The third-order valence-corrected chi connectivity index (χ3v) is 4.73. The van der Waals surface area contributed by atoms with Gasteiger partial charge < -0.3 is 15.3 Å². The van der Waals surface area contributed by atoms with Crippen LogP contribution in [0.4, 0.5) is 5.82 Å². The van der Waals surface area contributed by atoms with Crippen LogP contribution in [0.1, 0.15) is 35.3 Å². The van der Waals surface area contributed by atoms with Gasteiger partial charge in [-0.15, -0.1) is 0 Å². The van der Waals surface area contributed by atoms with Crippen LogP contribution in [0, 0.1) is 5.92 Å². The van der Waals surface area contributed by atoms with Gasteiger partial charge in [-0.05, 0) is 55.9 Å². The van der Waals surface area contributed by atoms with Crippen molar-refractivity contribution in [2.24, 2.45) is 5.92 Å². The molecule has 1 unspecified atom stereocenters. The average molecular weight is 354 g/mol. The summed E-state index contributed by atoms with van der Waals surface area (Å²) in [5.74, 6) is 1.08. The Labute approximate surface area is 154 Å². The summed E-state index contributed by atoms with van der Waals surface area (Å²) in [5, 5.41) is 12.3. The minimum atomic E-state index is -0.100. The number of aliphatic hydroxyl groups is 1. The first-order chi connectivity index (χ1) is 12.8. The maximum Gasteiger partial charge on any atom is 0.252 e. The molecule has 1 amide bonds. The van der Waals surface area contributed by atoms with Crippen LogP contribution < -0.4 is 10.2 Å². The lowest BCUT2D eigenvalue weighted by atomic mass is 9.99. The monoisotopic (exact) mass is 354 g/mol. The predicted molar refractivity (Wildman–Crippen MR) is 101 cm³/mol. The fourth-order valence-corrected chi connectivity index (χ4v) is 3.25. The molecule has 6 heteroatoms. The minimum absolute atomic E-state index is 0.100. The second-order valence-corrected chi connectivity index (χ2v) is 6.72. The molecule has 1 aliphatic rings. The number of hydrogen-bond donors (Lipinski definition) is 2. The highest BCUT2D eigenvalue weighted by atomic mass is 16.3. The molecule has 1 fully saturated rings. The van der Waals surface area contributed by atoms with Crippen molar-refractivity contribution in [1.82, 2.24) is 15.3 Å². The molecule has 0 bridgehead atoms. The first-order valence-electron chi connectivity index (χ1n) is 9.26. The van der Waals surface area contributed by atoms with Gasteiger partial charge >= 0.3 is 0 Å². The van der Waals surface area contributed by atoms with Gasteiger partial charge in [0.05, 0.1) is 5.56 Å². The average Bonchev–Trinajstić information content (AvgIpc) is 2.72. The van der Waals surface area contributed by atoms with Crippen molar-refractivity contribution in [1.29, 1.82) is 0 Å². The first kappa shape index (κ1) is 18.3. The van der Waals surface area contributed by atoms with Crippen molar-refractivity contribution in [3.05, 3.63) is 54.0 Å². The molecule has 3 heterocycles. The largest absolute Gasteiger partial charge is 0.396 e. The number of aliphatic hydroxyl groups excluding tert-OH is 1. The smallest absolute Gasteiger partial charge is 0.252 e. The zero-order valence-electron chi connectivity index (χ0n) is 15.0. The Bertz CT molecular complexity index is 691. The minimum Gasteiger partial charge on any atom is -0.396 e. The topological polar surface area (TPSA) is 78.4 Å². The summed E-state index contributed by atoms with van der Waals surface area (Å²) in [5.41, 5.74) is 1.61. The molecule has 0 radical (unpaired) electrons. The van der Waals surface area contributed by atoms with Crippen molar-refractivity contribution in [2.45, 2.75) is 25.7 Å². The van der Waals surface area contributed by atoms with Gasteiger partial charge in [-0.25, -0.2) is 4.98 Å². The zero-order valence-corrected chi connectivity index (χ0v) is 15.0. The second kappa shape index (κ2) is 9.29. The number of carbonyl (C=O) groups excluding carboxylic acids is 1. The van der Waals surface area contributed by atoms with Crippen LogP contribution >= 0.6 is 0 Å². The Morgan fingerprint density at radius 2 is 2.19 bits per heavy atom. The van der Waals surface area contributed by atoms with Crippen LogP contribution in [-0.2, 0) is 6.42 Å². The number of amides is 1. The van der Waals surface area contributed by atoms with E-state index in [1.165, 1.54) is 0 Å². The molecule has 0 saturated carbocycles. The van der Waals surface area contributed by atoms with E-state index in [0.717, 1.165) is 50.3 Å². The van der Waals surface area contributed by atoms with E-state index in [1.807, 2.05) is 30.3 Å². The number of anilines is 1. The summed E-state index contributed by atoms with van der Waals surface area (Å²) < 4.78 is 0. The molecule has 26 heavy (non-hydrogen) atoms. The van der Waals surface area contributed by atoms with E-state index in [4.69, 9.17) is 0 Å². The molecule has 6 nitrogen and oxygen atoms in total. The Balaban J connectivity index is 1.46. The molecule has 2 aromatic rings. The molecule has 1 saturated heterocycles. The first-order valence-corrected chi connectivity index (χ1v) is 9.26. The highest BCUT2D eigenvalue weighted by molar-refractivity contribution is 5.94. The van der Waals surface area contributed by atoms with Crippen molar-refractivity contribution >= 4 is 11.7 Å². The standard InChI is InChI=1S/C20H26N4O2/c25-15-16-5-4-12-24(14-16)19-9-8-17(13-23-19)20(26)22-11-3-7-18-6-1-2-10-21-18/h1-2,6,8-10,13,16,25H,3-5,7,11-12,14-15H2,(H,22,26). The molecule has 3 rings (SSSR count). The fraction of sp³-hybridized carbons (Fsp3) is 0.450. The molecule has 0 aliphatic carbocycles. The number of carbonyl (C=O) groups is 1. The lowest BCUT2D eigenvalue weighted by molar-refractivity contribution is 0.0953. The van der Waals surface area contributed by atoms with Crippen LogP contribution in [0.15, 0.2) is 42.7 Å². The summed E-state index contributed by atoms with van der Waals surface area (Å²) in [4.78, 5) is 23.1. The van der Waals surface area contributed by atoms with Crippen molar-refractivity contribution in [3.8, 4) is 0 Å². The fourth-order valence-electron chi connectivity index (χ4n) is 3.25. The molecule has 2 aromatic heterocycles. The van der Waals surface area contributed by atoms with E-state index in [2.05, 4.69) is 20.2 Å². The highest BCUT2D eigenvalue weighted by Gasteiger charge is 2.20. The number of nitrogens with one attached hydrogen (secondary N) is 1. The molecule has 138 valence electrons. The van der Waals surface area contributed by atoms with Gasteiger partial charge in [0, 0.05) is 44.3 Å². The number of aromatic nitrogens is 2. The summed E-state index contributed by atoms with van der Waals surface area (Å²) in [6.45, 7) is 2.60. The molecular weight excluding hydrogens is 328 g/mol. The number of hydrogen-bond acceptors (Lipinski definition) is 5. The van der Waals surface area contributed by atoms with Gasteiger partial charge in [0.1, 0.15) is 5.82 Å². The van der Waals surface area contributed by atoms with E-state index < -0.39 is 0 Å². The zero-order chi connectivity index (χ0) is 18.2. The van der Waals surface area contributed by atoms with E-state index in [1.54, 1.807) is 12.4 Å². The Morgan fingerprint density at radius 3 is 2.92 bits per heavy atom. The van der Waals surface area contributed by atoms with Gasteiger partial charge in [-0.1, -0.05) is 6.07 Å². The lowest BCUT2D eigenvalue weighted by Gasteiger charge is -2.32. The van der Waals surface area contributed by atoms with Gasteiger partial charge in [0.15, 0.2) is 0 Å². The van der Waals surface area contributed by atoms with E-state index in [9.17, 15) is 9.90 Å². The van der Waals surface area contributed by atoms with Gasteiger partial charge in [0.25, 0.3) is 5.91 Å². The molecule has 1 aliphatic heterocycles. The predicted octanol–water partition coefficient (Wildman–Crippen LogP) is 2.05. The maximum absolute atomic E-state index is 12.2. The number of pyridine rings is 2. The maximum atomic E-state index is 12.2. The van der Waals surface area contributed by atoms with Crippen LogP contribution in [0.2, 0.25) is 0 Å². The SMILES string of the molecule is O=C(NCCCc1ccccn1)c1ccc(N2CCCC(CO)C2)nc1. The van der Waals surface area contributed by atoms with Crippen LogP contribution in [0.25, 0.3) is 0 Å². The van der Waals surface area contributed by atoms with E-state index >= 15 is 0 Å². The number of rotatable bonds is 7. The number of aryl methyl sites for hydroxylation is 1. The van der Waals surface area contributed by atoms with Crippen molar-refractivity contribution < 1.29 is 9.90 Å². The van der Waals surface area contributed by atoms with E-state index in [0.29, 0.717) is 18.0 Å². The van der Waals surface area contributed by atoms with E-state index in [-0.39, 0.29) is 12.5 Å². The molecule has 0 aromatic carbocycles. The quantitative estimate of drug-likeness (QED) is 0.744. The summed E-state index contributed by atoms with van der Waals surface area (Å²) in [6.07, 6.45) is 7.24. The number of nitrogens with zero attached hydrogens (tertiary/aromatic N) is 3. The molecule has 0 spiro atoms. The van der Waals surface area contributed by atoms with Gasteiger partial charge in [-0.3, -0.25) is 9.78 Å². The highest BCUT2D eigenvalue weighted by Crippen LogP contribution is 2.21. The normalized spacial score (nSPS) is 17.1. The van der Waals surface area contributed by atoms with Crippen molar-refractivity contribution in [2.75, 3.05) is 31.1 Å². The third-order valence-electron chi connectivity index (χ3n) is 4.73. The molecular formula is C20H26N4O2. The van der Waals surface area contributed by atoms with Crippen LogP contribution in [-0.4, -0.2) is 47.2 Å². The Morgan fingerprint density at radius 1 is 1.27 bits per heavy atom. The third kappa shape index (κ3) is 5.02. The second-order valence-electron chi connectivity index (χ2n) is 6.72. The molecule has 1 atom stereocenters. The lowest BCUT2D eigenvalue weighted by Crippen LogP contribution is -2.37. The Hall–Kier alpha value is -2.47. The molecule has 2 N–H and O–H groups in total. The summed E-state index contributed by atoms with van der Waals surface area (Å²) in [6, 6.07) is 9.57. The Kier molecular flexibility index (Phi) is 6.55. The van der Waals surface area contributed by atoms with Crippen LogP contribution in [0.3, 0.4) is 0 Å². The summed E-state index contributed by atoms with van der Waals surface area (Å²) >= 11 is 0. The van der Waals surface area contributed by atoms with Gasteiger partial charge in [0.2, 0.25) is 0 Å². The van der Waals surface area contributed by atoms with Gasteiger partial charge in [-0.2, -0.15) is 0 Å². The van der Waals surface area contributed by atoms with Crippen LogP contribution in [0.5, 0.6) is 0 Å². The van der Waals surface area contributed by atoms with Crippen molar-refractivity contribution in [3.63, 3.8) is 0 Å².